The molecule has 0 amide bonds. The molecule has 0 radical (unpaired) electrons. The molecule has 6 nitrogen and oxygen atoms in total. The van der Waals surface area contributed by atoms with Crippen LogP contribution in [0.3, 0.4) is 0 Å². The first-order valence-corrected chi connectivity index (χ1v) is 11.5. The summed E-state index contributed by atoms with van der Waals surface area (Å²) in [5, 5.41) is 0.663. The lowest BCUT2D eigenvalue weighted by molar-refractivity contribution is -0.146. The van der Waals surface area contributed by atoms with E-state index in [1.807, 2.05) is 44.2 Å². The van der Waals surface area contributed by atoms with Crippen LogP contribution in [0.1, 0.15) is 34.2 Å². The number of hydrogen-bond acceptors (Lipinski definition) is 6. The molecule has 0 saturated heterocycles. The van der Waals surface area contributed by atoms with Gasteiger partial charge in [-0.05, 0) is 69.0 Å². The zero-order chi connectivity index (χ0) is 21.3. The molecule has 0 saturated carbocycles. The van der Waals surface area contributed by atoms with Crippen LogP contribution in [0.5, 0.6) is 0 Å². The summed E-state index contributed by atoms with van der Waals surface area (Å²) in [7, 11) is -3.88. The highest BCUT2D eigenvalue weighted by molar-refractivity contribution is 7.89. The average molecular weight is 433 g/mol. The van der Waals surface area contributed by atoms with Crippen LogP contribution in [0, 0.1) is 27.7 Å². The third-order valence-corrected chi connectivity index (χ3v) is 7.75. The molecule has 1 unspecified atom stereocenters. The number of aromatic nitrogens is 1. The number of thiazole rings is 1. The summed E-state index contributed by atoms with van der Waals surface area (Å²) in [6.45, 7) is 8.77. The summed E-state index contributed by atoms with van der Waals surface area (Å²) in [5.41, 5.74) is 3.98. The van der Waals surface area contributed by atoms with Crippen LogP contribution < -0.4 is 4.72 Å². The average Bonchev–Trinajstić information content (AvgIpc) is 3.07. The fourth-order valence-electron chi connectivity index (χ4n) is 3.16. The maximum Gasteiger partial charge on any atom is 0.324 e. The van der Waals surface area contributed by atoms with Crippen LogP contribution in [-0.4, -0.2) is 25.4 Å². The van der Waals surface area contributed by atoms with Gasteiger partial charge in [-0.2, -0.15) is 4.72 Å². The Bertz CT molecular complexity index is 1120. The van der Waals surface area contributed by atoms with Crippen LogP contribution >= 0.6 is 11.3 Å². The van der Waals surface area contributed by atoms with Gasteiger partial charge in [-0.3, -0.25) is 4.79 Å². The van der Waals surface area contributed by atoms with Gasteiger partial charge in [0.1, 0.15) is 17.7 Å². The van der Waals surface area contributed by atoms with Crippen LogP contribution in [0.25, 0.3) is 10.2 Å². The predicted molar refractivity (Wildman–Crippen MR) is 115 cm³/mol. The molecule has 0 aliphatic carbocycles. The molecule has 29 heavy (non-hydrogen) atoms. The van der Waals surface area contributed by atoms with E-state index in [0.29, 0.717) is 16.1 Å². The van der Waals surface area contributed by atoms with E-state index in [1.165, 1.54) is 18.3 Å². The minimum atomic E-state index is -3.88. The number of rotatable bonds is 6. The summed E-state index contributed by atoms with van der Waals surface area (Å²) < 4.78 is 34.7. The van der Waals surface area contributed by atoms with Gasteiger partial charge in [0.05, 0.1) is 15.1 Å². The van der Waals surface area contributed by atoms with E-state index in [4.69, 9.17) is 4.74 Å². The first-order valence-electron chi connectivity index (χ1n) is 9.21. The van der Waals surface area contributed by atoms with Crippen molar-refractivity contribution in [1.82, 2.24) is 9.71 Å². The van der Waals surface area contributed by atoms with Crippen molar-refractivity contribution in [3.63, 3.8) is 0 Å². The van der Waals surface area contributed by atoms with E-state index >= 15 is 0 Å². The first kappa shape index (κ1) is 21.4. The molecule has 1 atom stereocenters. The maximum absolute atomic E-state index is 13.0. The number of aryl methyl sites for hydroxylation is 2. The van der Waals surface area contributed by atoms with Gasteiger partial charge in [0, 0.05) is 0 Å². The molecule has 1 heterocycles. The quantitative estimate of drug-likeness (QED) is 0.596. The molecule has 154 valence electrons. The number of benzene rings is 2. The molecule has 0 spiro atoms. The van der Waals surface area contributed by atoms with E-state index in [-0.39, 0.29) is 11.5 Å². The Labute approximate surface area is 175 Å². The van der Waals surface area contributed by atoms with Crippen LogP contribution in [-0.2, 0) is 26.2 Å². The van der Waals surface area contributed by atoms with Gasteiger partial charge < -0.3 is 4.74 Å². The Morgan fingerprint density at radius 2 is 1.76 bits per heavy atom. The Balaban J connectivity index is 1.72. The summed E-state index contributed by atoms with van der Waals surface area (Å²) in [6, 6.07) is 8.59. The summed E-state index contributed by atoms with van der Waals surface area (Å²) in [4.78, 5) is 17.0. The normalized spacial score (nSPS) is 12.9. The SMILES string of the molecule is Cc1cc(C)c(C)c(S(=O)(=O)NC(C)C(=O)OCc2nc3ccccc3s2)c1C. The van der Waals surface area contributed by atoms with Crippen molar-refractivity contribution >= 4 is 37.5 Å². The minimum absolute atomic E-state index is 0.00581. The zero-order valence-electron chi connectivity index (χ0n) is 17.1. The van der Waals surface area contributed by atoms with Crippen LogP contribution in [0.2, 0.25) is 0 Å². The molecule has 0 bridgehead atoms. The number of nitrogens with zero attached hydrogens (tertiary/aromatic N) is 1. The van der Waals surface area contributed by atoms with Crippen molar-refractivity contribution in [2.24, 2.45) is 0 Å². The third kappa shape index (κ3) is 4.49. The van der Waals surface area contributed by atoms with Crippen LogP contribution in [0.4, 0.5) is 0 Å². The highest BCUT2D eigenvalue weighted by atomic mass is 32.2. The Morgan fingerprint density at radius 3 is 2.38 bits per heavy atom. The number of fused-ring (bicyclic) bond motifs is 1. The smallest absolute Gasteiger partial charge is 0.324 e. The molecule has 3 aromatic rings. The first-order chi connectivity index (χ1) is 13.6. The van der Waals surface area contributed by atoms with E-state index in [0.717, 1.165) is 21.3 Å². The van der Waals surface area contributed by atoms with E-state index in [1.54, 1.807) is 13.8 Å². The van der Waals surface area contributed by atoms with Crippen molar-refractivity contribution in [2.45, 2.75) is 52.2 Å². The van der Waals surface area contributed by atoms with E-state index in [9.17, 15) is 13.2 Å². The molecule has 1 aromatic heterocycles. The number of sulfonamides is 1. The van der Waals surface area contributed by atoms with Gasteiger partial charge in [-0.15, -0.1) is 11.3 Å². The number of carbonyl (C=O) groups is 1. The maximum atomic E-state index is 13.0. The van der Waals surface area contributed by atoms with Gasteiger partial charge >= 0.3 is 5.97 Å². The van der Waals surface area contributed by atoms with Gasteiger partial charge in [0.2, 0.25) is 10.0 Å². The second-order valence-corrected chi connectivity index (χ2v) is 9.88. The number of carbonyl (C=O) groups excluding carboxylic acids is 1. The standard InChI is InChI=1S/C21H24N2O4S2/c1-12-10-13(2)15(4)20(14(12)3)29(25,26)23-16(5)21(24)27-11-19-22-17-8-6-7-9-18(17)28-19/h6-10,16,23H,11H2,1-5H3. The number of esters is 1. The molecular weight excluding hydrogens is 408 g/mol. The zero-order valence-corrected chi connectivity index (χ0v) is 18.7. The second kappa shape index (κ2) is 8.22. The molecule has 0 fully saturated rings. The Kier molecular flexibility index (Phi) is 6.07. The fourth-order valence-corrected chi connectivity index (χ4v) is 5.85. The number of para-hydroxylation sites is 1. The lowest BCUT2D eigenvalue weighted by Crippen LogP contribution is -2.40. The van der Waals surface area contributed by atoms with Gasteiger partial charge in [0.15, 0.2) is 0 Å². The molecule has 2 aromatic carbocycles. The summed E-state index contributed by atoms with van der Waals surface area (Å²) in [5.74, 6) is -0.646. The van der Waals surface area contributed by atoms with Crippen molar-refractivity contribution < 1.29 is 17.9 Å². The lowest BCUT2D eigenvalue weighted by atomic mass is 10.0. The van der Waals surface area contributed by atoms with Gasteiger partial charge in [0.25, 0.3) is 0 Å². The van der Waals surface area contributed by atoms with Crippen molar-refractivity contribution in [1.29, 1.82) is 0 Å². The molecular formula is C21H24N2O4S2. The monoisotopic (exact) mass is 432 g/mol. The van der Waals surface area contributed by atoms with Gasteiger partial charge in [-0.25, -0.2) is 13.4 Å². The molecule has 8 heteroatoms. The summed E-state index contributed by atoms with van der Waals surface area (Å²) >= 11 is 1.44. The molecule has 1 N–H and O–H groups in total. The van der Waals surface area contributed by atoms with Crippen LogP contribution in [0.15, 0.2) is 35.2 Å². The number of nitrogens with one attached hydrogen (secondary N) is 1. The topological polar surface area (TPSA) is 85.4 Å². The largest absolute Gasteiger partial charge is 0.457 e. The third-order valence-electron chi connectivity index (χ3n) is 4.93. The van der Waals surface area contributed by atoms with E-state index in [2.05, 4.69) is 9.71 Å². The van der Waals surface area contributed by atoms with Crippen molar-refractivity contribution in [3.8, 4) is 0 Å². The van der Waals surface area contributed by atoms with Gasteiger partial charge in [-0.1, -0.05) is 18.2 Å². The Morgan fingerprint density at radius 1 is 1.14 bits per heavy atom. The highest BCUT2D eigenvalue weighted by Gasteiger charge is 2.27. The molecule has 0 aliphatic heterocycles. The number of hydrogen-bond donors (Lipinski definition) is 1. The molecule has 0 aliphatic rings. The predicted octanol–water partition coefficient (Wildman–Crippen LogP) is 3.94. The number of ether oxygens (including phenoxy) is 1. The highest BCUT2D eigenvalue weighted by Crippen LogP contribution is 2.26. The Hall–Kier alpha value is -2.29. The van der Waals surface area contributed by atoms with E-state index < -0.39 is 22.0 Å². The molecule has 3 rings (SSSR count). The fraction of sp³-hybridized carbons (Fsp3) is 0.333. The minimum Gasteiger partial charge on any atom is -0.457 e. The lowest BCUT2D eigenvalue weighted by Gasteiger charge is -2.18. The van der Waals surface area contributed by atoms with Crippen molar-refractivity contribution in [3.05, 3.63) is 57.6 Å². The van der Waals surface area contributed by atoms with Crippen molar-refractivity contribution in [2.75, 3.05) is 0 Å². The summed E-state index contributed by atoms with van der Waals surface area (Å²) in [6.07, 6.45) is 0. The second-order valence-electron chi connectivity index (χ2n) is 7.12.